The highest BCUT2D eigenvalue weighted by Crippen LogP contribution is 2.56. The van der Waals surface area contributed by atoms with Gasteiger partial charge in [0.2, 0.25) is 0 Å². The van der Waals surface area contributed by atoms with Crippen molar-refractivity contribution in [3.05, 3.63) is 89.2 Å². The highest BCUT2D eigenvalue weighted by molar-refractivity contribution is 6.29. The molecule has 0 N–H and O–H groups in total. The lowest BCUT2D eigenvalue weighted by atomic mass is 9.81. The minimum absolute atomic E-state index is 0.0713. The van der Waals surface area contributed by atoms with Crippen molar-refractivity contribution in [2.24, 2.45) is 0 Å². The van der Waals surface area contributed by atoms with Crippen LogP contribution in [-0.2, 0) is 21.7 Å². The van der Waals surface area contributed by atoms with Gasteiger partial charge >= 0.3 is 0 Å². The van der Waals surface area contributed by atoms with Gasteiger partial charge < -0.3 is 8.80 Å². The van der Waals surface area contributed by atoms with E-state index in [0.29, 0.717) is 0 Å². The molecule has 0 unspecified atom stereocenters. The Bertz CT molecular complexity index is 2650. The van der Waals surface area contributed by atoms with E-state index in [2.05, 4.69) is 131 Å². The van der Waals surface area contributed by atoms with Gasteiger partial charge in [0.05, 0.1) is 45.0 Å². The smallest absolute Gasteiger partial charge is 0.0728 e. The van der Waals surface area contributed by atoms with Gasteiger partial charge in [0.1, 0.15) is 0 Å². The van der Waals surface area contributed by atoms with E-state index in [1.54, 1.807) is 5.56 Å². The molecular weight excluding hydrogens is 558 g/mol. The first-order chi connectivity index (χ1) is 21.8. The zero-order chi connectivity index (χ0) is 31.4. The van der Waals surface area contributed by atoms with Gasteiger partial charge in [-0.05, 0) is 64.0 Å². The van der Waals surface area contributed by atoms with Crippen LogP contribution in [0.3, 0.4) is 0 Å². The number of benzene rings is 4. The Labute approximate surface area is 268 Å². The Morgan fingerprint density at radius 1 is 0.500 bits per heavy atom. The van der Waals surface area contributed by atoms with Crippen LogP contribution in [0.15, 0.2) is 66.9 Å². The Kier molecular flexibility index (Phi) is 4.08. The molecule has 0 bridgehead atoms. The zero-order valence-electron chi connectivity index (χ0n) is 28.1. The lowest BCUT2D eigenvalue weighted by Gasteiger charge is -2.22. The number of fused-ring (bicyclic) bond motifs is 16. The summed E-state index contributed by atoms with van der Waals surface area (Å²) >= 11 is 0. The van der Waals surface area contributed by atoms with E-state index < -0.39 is 0 Å². The Balaban J connectivity index is 1.32. The third kappa shape index (κ3) is 2.64. The molecule has 46 heavy (non-hydrogen) atoms. The van der Waals surface area contributed by atoms with Crippen molar-refractivity contribution >= 4 is 76.2 Å². The molecule has 3 heteroatoms. The van der Waals surface area contributed by atoms with E-state index in [1.807, 2.05) is 0 Å². The first kappa shape index (κ1) is 25.8. The summed E-state index contributed by atoms with van der Waals surface area (Å²) in [4.78, 5) is 5.22. The van der Waals surface area contributed by atoms with Crippen molar-refractivity contribution in [2.45, 2.75) is 89.9 Å². The van der Waals surface area contributed by atoms with Crippen molar-refractivity contribution in [1.29, 1.82) is 0 Å². The Hall–Kier alpha value is -4.37. The largest absolute Gasteiger partial charge is 0.308 e. The number of aromatic nitrogens is 3. The number of nitrogens with zero attached hydrogens (tertiary/aromatic N) is 3. The first-order valence-corrected chi connectivity index (χ1v) is 17.1. The third-order valence-corrected chi connectivity index (χ3v) is 12.4. The van der Waals surface area contributed by atoms with Gasteiger partial charge in [-0.15, -0.1) is 0 Å². The van der Waals surface area contributed by atoms with Crippen LogP contribution >= 0.6 is 0 Å². The fourth-order valence-corrected chi connectivity index (χ4v) is 11.5. The van der Waals surface area contributed by atoms with Crippen molar-refractivity contribution < 1.29 is 0 Å². The van der Waals surface area contributed by atoms with Crippen LogP contribution in [0.4, 0.5) is 0 Å². The predicted octanol–water partition coefficient (Wildman–Crippen LogP) is 11.3. The Morgan fingerprint density at radius 3 is 1.65 bits per heavy atom. The number of rotatable bonds is 0. The van der Waals surface area contributed by atoms with Crippen LogP contribution in [0.1, 0.15) is 90.6 Å². The van der Waals surface area contributed by atoms with Gasteiger partial charge in [-0.1, -0.05) is 97.9 Å². The molecule has 11 rings (SSSR count). The van der Waals surface area contributed by atoms with Gasteiger partial charge in [0.15, 0.2) is 0 Å². The quantitative estimate of drug-likeness (QED) is 0.170. The molecule has 5 heterocycles. The molecule has 0 fully saturated rings. The molecule has 0 saturated heterocycles. The van der Waals surface area contributed by atoms with Gasteiger partial charge in [0.25, 0.3) is 0 Å². The van der Waals surface area contributed by atoms with Crippen molar-refractivity contribution in [2.75, 3.05) is 0 Å². The third-order valence-electron chi connectivity index (χ3n) is 12.4. The monoisotopic (exact) mass is 597 g/mol. The van der Waals surface area contributed by atoms with E-state index in [-0.39, 0.29) is 21.7 Å². The van der Waals surface area contributed by atoms with E-state index in [1.165, 1.54) is 99.4 Å². The summed E-state index contributed by atoms with van der Waals surface area (Å²) in [5.74, 6) is 0. The fourth-order valence-electron chi connectivity index (χ4n) is 11.5. The molecule has 0 saturated carbocycles. The van der Waals surface area contributed by atoms with Crippen LogP contribution in [0.25, 0.3) is 76.2 Å². The topological polar surface area (TPSA) is 21.7 Å². The number of hydrogen-bond donors (Lipinski definition) is 0. The van der Waals surface area contributed by atoms with E-state index >= 15 is 0 Å². The maximum atomic E-state index is 5.22. The maximum absolute atomic E-state index is 5.22. The van der Waals surface area contributed by atoms with Gasteiger partial charge in [0, 0.05) is 48.5 Å². The summed E-state index contributed by atoms with van der Waals surface area (Å²) < 4.78 is 5.12. The number of hydrogen-bond acceptors (Lipinski definition) is 1. The Morgan fingerprint density at radius 2 is 1.02 bits per heavy atom. The van der Waals surface area contributed by atoms with Gasteiger partial charge in [-0.3, -0.25) is 4.98 Å². The molecule has 226 valence electrons. The molecule has 5 aromatic heterocycles. The number of pyridine rings is 1. The van der Waals surface area contributed by atoms with E-state index in [0.717, 1.165) is 6.42 Å². The van der Waals surface area contributed by atoms with Crippen molar-refractivity contribution in [1.82, 2.24) is 13.8 Å². The molecule has 4 aromatic carbocycles. The average molecular weight is 598 g/mol. The molecule has 3 nitrogen and oxygen atoms in total. The normalized spacial score (nSPS) is 19.8. The SMILES string of the molecule is CC1(C)CC(C)(C)c2c1ccc1c2c2cccc3c4cc5c(cc4n1c32)c1cccc2c3c4c(ncc3n5c12)C(C)(C)CC4(C)C. The number of para-hydroxylation sites is 2. The maximum Gasteiger partial charge on any atom is 0.0728 e. The summed E-state index contributed by atoms with van der Waals surface area (Å²) in [6.45, 7) is 19.3. The van der Waals surface area contributed by atoms with Gasteiger partial charge in [-0.25, -0.2) is 0 Å². The molecule has 2 aliphatic carbocycles. The fraction of sp³-hybridized carbons (Fsp3) is 0.326. The standard InChI is InChI=1S/C43H39N3/c1-40(2)20-41(3,4)35-28(40)15-16-29-33(35)24-13-9-11-22-26-18-31-27(17-30(26)45(29)37(22)24)23-12-10-14-25-34-32(46(31)38(23)25)19-44-39-36(34)42(5,6)21-43(39,7)8/h9-19H,20-21H2,1-8H3. The molecule has 9 aromatic rings. The molecule has 0 aliphatic heterocycles. The van der Waals surface area contributed by atoms with E-state index in [9.17, 15) is 0 Å². The van der Waals surface area contributed by atoms with Crippen LogP contribution in [0.2, 0.25) is 0 Å². The zero-order valence-corrected chi connectivity index (χ0v) is 28.1. The highest BCUT2D eigenvalue weighted by Gasteiger charge is 2.46. The second-order valence-electron chi connectivity index (χ2n) is 17.5. The lowest BCUT2D eigenvalue weighted by molar-refractivity contribution is 0.400. The summed E-state index contributed by atoms with van der Waals surface area (Å²) in [7, 11) is 0. The minimum Gasteiger partial charge on any atom is -0.308 e. The van der Waals surface area contributed by atoms with Crippen LogP contribution < -0.4 is 0 Å². The minimum atomic E-state index is 0.0713. The average Bonchev–Trinajstić information content (AvgIpc) is 3.76. The molecule has 2 aliphatic rings. The highest BCUT2D eigenvalue weighted by atomic mass is 14.9. The summed E-state index contributed by atoms with van der Waals surface area (Å²) in [5.41, 5.74) is 14.1. The predicted molar refractivity (Wildman–Crippen MR) is 195 cm³/mol. The van der Waals surface area contributed by atoms with Gasteiger partial charge in [-0.2, -0.15) is 0 Å². The summed E-state index contributed by atoms with van der Waals surface area (Å²) in [5, 5.41) is 11.0. The second kappa shape index (κ2) is 7.28. The molecule has 0 amide bonds. The first-order valence-electron chi connectivity index (χ1n) is 17.1. The summed E-state index contributed by atoms with van der Waals surface area (Å²) in [6, 6.07) is 23.8. The van der Waals surface area contributed by atoms with Crippen LogP contribution in [0, 0.1) is 0 Å². The van der Waals surface area contributed by atoms with Crippen LogP contribution in [-0.4, -0.2) is 13.8 Å². The molecule has 0 radical (unpaired) electrons. The van der Waals surface area contributed by atoms with Crippen molar-refractivity contribution in [3.8, 4) is 0 Å². The summed E-state index contributed by atoms with van der Waals surface area (Å²) in [6.07, 6.45) is 4.46. The van der Waals surface area contributed by atoms with E-state index in [4.69, 9.17) is 4.98 Å². The molecule has 0 atom stereocenters. The molecular formula is C43H39N3. The van der Waals surface area contributed by atoms with Crippen LogP contribution in [0.5, 0.6) is 0 Å². The lowest BCUT2D eigenvalue weighted by Crippen LogP contribution is -2.18. The van der Waals surface area contributed by atoms with Crippen molar-refractivity contribution in [3.63, 3.8) is 0 Å². The molecule has 0 spiro atoms. The second-order valence-corrected chi connectivity index (χ2v) is 17.5.